The Morgan fingerprint density at radius 3 is 2.31 bits per heavy atom. The lowest BCUT2D eigenvalue weighted by Gasteiger charge is -2.27. The molecule has 1 fully saturated rings. The highest BCUT2D eigenvalue weighted by Crippen LogP contribution is 2.23. The molecule has 0 unspecified atom stereocenters. The summed E-state index contributed by atoms with van der Waals surface area (Å²) in [5, 5.41) is 5.88. The van der Waals surface area contributed by atoms with Crippen LogP contribution in [0.15, 0.2) is 23.1 Å². The molecule has 1 aliphatic rings. The summed E-state index contributed by atoms with van der Waals surface area (Å²) in [5.41, 5.74) is 0.0192. The molecule has 1 aliphatic carbocycles. The SMILES string of the molecule is CC(C)[C@@H](NC(=O)c1cc(S(=O)(=O)N(C)C)ccc1Cl)C(=O)NC1CCCCC1. The zero-order valence-electron chi connectivity index (χ0n) is 17.4. The molecule has 0 aliphatic heterocycles. The van der Waals surface area contributed by atoms with E-state index >= 15 is 0 Å². The number of nitrogens with zero attached hydrogens (tertiary/aromatic N) is 1. The van der Waals surface area contributed by atoms with Gasteiger partial charge in [-0.1, -0.05) is 44.7 Å². The van der Waals surface area contributed by atoms with Gasteiger partial charge in [-0.05, 0) is 37.0 Å². The molecular weight excluding hydrogens is 414 g/mol. The van der Waals surface area contributed by atoms with Crippen LogP contribution in [0.5, 0.6) is 0 Å². The van der Waals surface area contributed by atoms with Gasteiger partial charge in [0.25, 0.3) is 5.91 Å². The monoisotopic (exact) mass is 443 g/mol. The number of sulfonamides is 1. The van der Waals surface area contributed by atoms with Gasteiger partial charge in [-0.25, -0.2) is 12.7 Å². The van der Waals surface area contributed by atoms with E-state index in [0.717, 1.165) is 30.0 Å². The fourth-order valence-electron chi connectivity index (χ4n) is 3.34. The Balaban J connectivity index is 2.20. The molecule has 2 rings (SSSR count). The van der Waals surface area contributed by atoms with Crippen molar-refractivity contribution in [2.75, 3.05) is 14.1 Å². The zero-order valence-corrected chi connectivity index (χ0v) is 18.9. The number of carbonyl (C=O) groups is 2. The van der Waals surface area contributed by atoms with Crippen molar-refractivity contribution < 1.29 is 18.0 Å². The van der Waals surface area contributed by atoms with Crippen molar-refractivity contribution in [1.82, 2.24) is 14.9 Å². The van der Waals surface area contributed by atoms with E-state index in [2.05, 4.69) is 10.6 Å². The van der Waals surface area contributed by atoms with Crippen LogP contribution in [-0.4, -0.2) is 50.7 Å². The summed E-state index contributed by atoms with van der Waals surface area (Å²) in [6.45, 7) is 3.69. The van der Waals surface area contributed by atoms with Crippen LogP contribution < -0.4 is 10.6 Å². The number of hydrogen-bond acceptors (Lipinski definition) is 4. The average molecular weight is 444 g/mol. The second kappa shape index (κ2) is 9.91. The van der Waals surface area contributed by atoms with Gasteiger partial charge in [0.05, 0.1) is 15.5 Å². The lowest BCUT2D eigenvalue weighted by atomic mass is 9.94. The normalized spacial score (nSPS) is 16.7. The molecule has 7 nitrogen and oxygen atoms in total. The van der Waals surface area contributed by atoms with Crippen LogP contribution in [0.2, 0.25) is 5.02 Å². The Morgan fingerprint density at radius 1 is 1.14 bits per heavy atom. The first-order valence-electron chi connectivity index (χ1n) is 9.87. The molecule has 29 heavy (non-hydrogen) atoms. The van der Waals surface area contributed by atoms with Crippen molar-refractivity contribution >= 4 is 33.4 Å². The summed E-state index contributed by atoms with van der Waals surface area (Å²) >= 11 is 6.15. The van der Waals surface area contributed by atoms with Crippen LogP contribution >= 0.6 is 11.6 Å². The third-order valence-corrected chi connectivity index (χ3v) is 7.29. The van der Waals surface area contributed by atoms with Crippen molar-refractivity contribution in [1.29, 1.82) is 0 Å². The van der Waals surface area contributed by atoms with E-state index in [0.29, 0.717) is 0 Å². The minimum Gasteiger partial charge on any atom is -0.352 e. The van der Waals surface area contributed by atoms with E-state index in [-0.39, 0.29) is 33.3 Å². The van der Waals surface area contributed by atoms with Crippen LogP contribution in [0, 0.1) is 5.92 Å². The maximum atomic E-state index is 12.8. The second-order valence-electron chi connectivity index (χ2n) is 7.97. The molecule has 0 radical (unpaired) electrons. The van der Waals surface area contributed by atoms with Gasteiger partial charge in [0, 0.05) is 20.1 Å². The Hall–Kier alpha value is -1.64. The third-order valence-electron chi connectivity index (χ3n) is 5.15. The largest absolute Gasteiger partial charge is 0.352 e. The fraction of sp³-hybridized carbons (Fsp3) is 0.600. The maximum absolute atomic E-state index is 12.8. The molecular formula is C20H30ClN3O4S. The van der Waals surface area contributed by atoms with Crippen LogP contribution in [-0.2, 0) is 14.8 Å². The summed E-state index contributed by atoms with van der Waals surface area (Å²) in [6, 6.07) is 3.36. The third kappa shape index (κ3) is 5.93. The summed E-state index contributed by atoms with van der Waals surface area (Å²) in [7, 11) is -0.893. The van der Waals surface area contributed by atoms with Gasteiger partial charge in [-0.3, -0.25) is 9.59 Å². The Morgan fingerprint density at radius 2 is 1.76 bits per heavy atom. The van der Waals surface area contributed by atoms with E-state index in [1.54, 1.807) is 0 Å². The molecule has 0 spiro atoms. The van der Waals surface area contributed by atoms with Crippen LogP contribution in [0.1, 0.15) is 56.3 Å². The van der Waals surface area contributed by atoms with Crippen molar-refractivity contribution in [2.24, 2.45) is 5.92 Å². The molecule has 1 atom stereocenters. The lowest BCUT2D eigenvalue weighted by molar-refractivity contribution is -0.124. The van der Waals surface area contributed by atoms with Crippen molar-refractivity contribution in [3.63, 3.8) is 0 Å². The summed E-state index contributed by atoms with van der Waals surface area (Å²) in [5.74, 6) is -0.952. The Labute approximate surface area is 178 Å². The highest BCUT2D eigenvalue weighted by Gasteiger charge is 2.28. The molecule has 0 bridgehead atoms. The molecule has 1 aromatic rings. The first-order valence-corrected chi connectivity index (χ1v) is 11.7. The molecule has 0 saturated heterocycles. The minimum atomic E-state index is -3.71. The van der Waals surface area contributed by atoms with Gasteiger partial charge in [-0.2, -0.15) is 0 Å². The molecule has 1 saturated carbocycles. The number of rotatable bonds is 7. The fourth-order valence-corrected chi connectivity index (χ4v) is 4.47. The quantitative estimate of drug-likeness (QED) is 0.677. The zero-order chi connectivity index (χ0) is 21.8. The van der Waals surface area contributed by atoms with Gasteiger partial charge in [0.2, 0.25) is 15.9 Å². The van der Waals surface area contributed by atoms with Crippen molar-refractivity contribution in [3.05, 3.63) is 28.8 Å². The molecule has 0 heterocycles. The van der Waals surface area contributed by atoms with Gasteiger partial charge in [-0.15, -0.1) is 0 Å². The van der Waals surface area contributed by atoms with E-state index < -0.39 is 22.0 Å². The highest BCUT2D eigenvalue weighted by molar-refractivity contribution is 7.89. The lowest BCUT2D eigenvalue weighted by Crippen LogP contribution is -2.52. The second-order valence-corrected chi connectivity index (χ2v) is 10.5. The molecule has 1 aromatic carbocycles. The summed E-state index contributed by atoms with van der Waals surface area (Å²) in [4.78, 5) is 25.6. The van der Waals surface area contributed by atoms with Crippen molar-refractivity contribution in [2.45, 2.75) is 62.9 Å². The van der Waals surface area contributed by atoms with Gasteiger partial charge in [0.1, 0.15) is 6.04 Å². The molecule has 2 amide bonds. The van der Waals surface area contributed by atoms with E-state index in [1.807, 2.05) is 13.8 Å². The first kappa shape index (κ1) is 23.6. The Kier molecular flexibility index (Phi) is 8.08. The minimum absolute atomic E-state index is 0.0192. The smallest absolute Gasteiger partial charge is 0.253 e. The predicted molar refractivity (Wildman–Crippen MR) is 113 cm³/mol. The van der Waals surface area contributed by atoms with Gasteiger partial charge >= 0.3 is 0 Å². The van der Waals surface area contributed by atoms with Crippen LogP contribution in [0.4, 0.5) is 0 Å². The molecule has 0 aromatic heterocycles. The Bertz CT molecular complexity index is 849. The predicted octanol–water partition coefficient (Wildman–Crippen LogP) is 2.79. The van der Waals surface area contributed by atoms with E-state index in [1.165, 1.54) is 38.7 Å². The van der Waals surface area contributed by atoms with Gasteiger partial charge < -0.3 is 10.6 Å². The average Bonchev–Trinajstić information content (AvgIpc) is 2.66. The van der Waals surface area contributed by atoms with Gasteiger partial charge in [0.15, 0.2) is 0 Å². The molecule has 9 heteroatoms. The van der Waals surface area contributed by atoms with Crippen LogP contribution in [0.3, 0.4) is 0 Å². The first-order chi connectivity index (χ1) is 13.5. The summed E-state index contributed by atoms with van der Waals surface area (Å²) < 4.78 is 25.8. The number of nitrogens with one attached hydrogen (secondary N) is 2. The number of hydrogen-bond donors (Lipinski definition) is 2. The highest BCUT2D eigenvalue weighted by atomic mass is 35.5. The van der Waals surface area contributed by atoms with E-state index in [4.69, 9.17) is 11.6 Å². The number of halogens is 1. The number of amides is 2. The van der Waals surface area contributed by atoms with Crippen molar-refractivity contribution in [3.8, 4) is 0 Å². The maximum Gasteiger partial charge on any atom is 0.253 e. The molecule has 162 valence electrons. The number of carbonyl (C=O) groups excluding carboxylic acids is 2. The summed E-state index contributed by atoms with van der Waals surface area (Å²) in [6.07, 6.45) is 5.25. The van der Waals surface area contributed by atoms with Crippen LogP contribution in [0.25, 0.3) is 0 Å². The topological polar surface area (TPSA) is 95.6 Å². The molecule has 2 N–H and O–H groups in total. The standard InChI is InChI=1S/C20H30ClN3O4S/c1-13(2)18(20(26)22-14-8-6-5-7-9-14)23-19(25)16-12-15(10-11-17(16)21)29(27,28)24(3)4/h10-14,18H,5-9H2,1-4H3,(H,22,26)(H,23,25)/t18-/m1/s1. The van der Waals surface area contributed by atoms with E-state index in [9.17, 15) is 18.0 Å². The number of benzene rings is 1.